The number of hydrogen-bond acceptors (Lipinski definition) is 7. The molecule has 32 heavy (non-hydrogen) atoms. The van der Waals surface area contributed by atoms with Gasteiger partial charge >= 0.3 is 6.09 Å². The van der Waals surface area contributed by atoms with Crippen LogP contribution in [0, 0.1) is 5.92 Å². The number of carbonyl (C=O) groups is 4. The van der Waals surface area contributed by atoms with Crippen molar-refractivity contribution >= 4 is 23.7 Å². The minimum atomic E-state index is -1.17. The van der Waals surface area contributed by atoms with Crippen LogP contribution in [0.1, 0.15) is 25.1 Å². The van der Waals surface area contributed by atoms with Crippen molar-refractivity contribution in [2.75, 3.05) is 6.54 Å². The smallest absolute Gasteiger partial charge is 0.408 e. The maximum Gasteiger partial charge on any atom is 0.408 e. The third kappa shape index (κ3) is 6.13. The second-order valence-electron chi connectivity index (χ2n) is 7.79. The molecular formula is C21H26N6O5. The Morgan fingerprint density at radius 3 is 2.72 bits per heavy atom. The first kappa shape index (κ1) is 22.9. The Bertz CT molecular complexity index is 974. The predicted molar refractivity (Wildman–Crippen MR) is 112 cm³/mol. The van der Waals surface area contributed by atoms with Crippen LogP contribution in [-0.4, -0.2) is 57.3 Å². The van der Waals surface area contributed by atoms with E-state index in [0.29, 0.717) is 12.1 Å². The maximum atomic E-state index is 12.9. The first-order valence-electron chi connectivity index (χ1n) is 10.3. The molecule has 0 aliphatic carbocycles. The number of alkyl carbamates (subject to hydrolysis) is 1. The standard InChI is InChI=1S/C21H26N6O5/c1-13(2)17(24-21(31)32-12-14-6-4-3-5-7-14)19(29)23-16-11-27-10-15(25-26-27)8-9-22-20(30)18(16)28/h3-7,10,13,16-17H,8-9,11-12H2,1-2H3,(H,22,30)(H,23,29)(H,24,31). The first-order valence-corrected chi connectivity index (χ1v) is 10.3. The molecule has 170 valence electrons. The van der Waals surface area contributed by atoms with E-state index in [-0.39, 0.29) is 25.6 Å². The summed E-state index contributed by atoms with van der Waals surface area (Å²) in [7, 11) is 0. The fraction of sp³-hybridized carbons (Fsp3) is 0.429. The molecular weight excluding hydrogens is 416 g/mol. The number of carbonyl (C=O) groups excluding carboxylic acids is 4. The zero-order chi connectivity index (χ0) is 23.1. The van der Waals surface area contributed by atoms with Crippen LogP contribution in [0.15, 0.2) is 36.5 Å². The molecule has 11 nitrogen and oxygen atoms in total. The van der Waals surface area contributed by atoms with Gasteiger partial charge in [-0.15, -0.1) is 5.10 Å². The van der Waals surface area contributed by atoms with Crippen molar-refractivity contribution < 1.29 is 23.9 Å². The van der Waals surface area contributed by atoms with Crippen LogP contribution < -0.4 is 16.0 Å². The summed E-state index contributed by atoms with van der Waals surface area (Å²) in [5.74, 6) is -2.51. The lowest BCUT2D eigenvalue weighted by molar-refractivity contribution is -0.140. The lowest BCUT2D eigenvalue weighted by atomic mass is 10.0. The maximum absolute atomic E-state index is 12.9. The van der Waals surface area contributed by atoms with Crippen molar-refractivity contribution in [1.82, 2.24) is 30.9 Å². The molecule has 11 heteroatoms. The summed E-state index contributed by atoms with van der Waals surface area (Å²) in [4.78, 5) is 49.9. The zero-order valence-corrected chi connectivity index (χ0v) is 17.9. The summed E-state index contributed by atoms with van der Waals surface area (Å²) >= 11 is 0. The molecule has 1 aliphatic heterocycles. The van der Waals surface area contributed by atoms with Gasteiger partial charge in [0.1, 0.15) is 18.7 Å². The van der Waals surface area contributed by atoms with Crippen molar-refractivity contribution in [1.29, 1.82) is 0 Å². The van der Waals surface area contributed by atoms with Gasteiger partial charge in [0.15, 0.2) is 0 Å². The number of rotatable bonds is 6. The van der Waals surface area contributed by atoms with Gasteiger partial charge in [0.25, 0.3) is 5.91 Å². The second kappa shape index (κ2) is 10.5. The summed E-state index contributed by atoms with van der Waals surface area (Å²) in [6.07, 6.45) is 1.34. The molecule has 0 saturated carbocycles. The molecule has 0 radical (unpaired) electrons. The van der Waals surface area contributed by atoms with Gasteiger partial charge in [-0.25, -0.2) is 9.48 Å². The Kier molecular flexibility index (Phi) is 7.53. The second-order valence-corrected chi connectivity index (χ2v) is 7.79. The minimum Gasteiger partial charge on any atom is -0.445 e. The molecule has 2 heterocycles. The molecule has 1 aromatic heterocycles. The van der Waals surface area contributed by atoms with E-state index in [1.54, 1.807) is 20.0 Å². The Hall–Kier alpha value is -3.76. The molecule has 2 unspecified atom stereocenters. The highest BCUT2D eigenvalue weighted by Gasteiger charge is 2.32. The molecule has 1 aromatic carbocycles. The molecule has 0 saturated heterocycles. The number of benzene rings is 1. The number of nitrogens with one attached hydrogen (secondary N) is 3. The van der Waals surface area contributed by atoms with E-state index in [2.05, 4.69) is 26.3 Å². The van der Waals surface area contributed by atoms with Crippen LogP contribution in [0.4, 0.5) is 4.79 Å². The molecule has 2 bridgehead atoms. The molecule has 2 atom stereocenters. The van der Waals surface area contributed by atoms with Crippen molar-refractivity contribution in [3.8, 4) is 0 Å². The largest absolute Gasteiger partial charge is 0.445 e. The number of hydrogen-bond donors (Lipinski definition) is 3. The predicted octanol–water partition coefficient (Wildman–Crippen LogP) is -0.0447. The van der Waals surface area contributed by atoms with Crippen LogP contribution in [-0.2, 0) is 38.7 Å². The van der Waals surface area contributed by atoms with Crippen LogP contribution in [0.3, 0.4) is 0 Å². The lowest BCUT2D eigenvalue weighted by Gasteiger charge is -2.24. The van der Waals surface area contributed by atoms with E-state index in [1.807, 2.05) is 30.3 Å². The summed E-state index contributed by atoms with van der Waals surface area (Å²) in [6.45, 7) is 3.71. The van der Waals surface area contributed by atoms with Gasteiger partial charge < -0.3 is 20.7 Å². The minimum absolute atomic E-state index is 0.0506. The van der Waals surface area contributed by atoms with E-state index in [9.17, 15) is 19.2 Å². The highest BCUT2D eigenvalue weighted by atomic mass is 16.5. The summed E-state index contributed by atoms with van der Waals surface area (Å²) in [5.41, 5.74) is 1.46. The highest BCUT2D eigenvalue weighted by Crippen LogP contribution is 2.07. The third-order valence-electron chi connectivity index (χ3n) is 4.91. The van der Waals surface area contributed by atoms with E-state index in [0.717, 1.165) is 5.56 Å². The Morgan fingerprint density at radius 2 is 2.00 bits per heavy atom. The number of amides is 3. The number of ether oxygens (including phenoxy) is 1. The average Bonchev–Trinajstić information content (AvgIpc) is 3.21. The molecule has 1 aliphatic rings. The van der Waals surface area contributed by atoms with Crippen LogP contribution in [0.25, 0.3) is 0 Å². The first-order chi connectivity index (χ1) is 15.3. The Morgan fingerprint density at radius 1 is 1.25 bits per heavy atom. The molecule has 3 amide bonds. The van der Waals surface area contributed by atoms with Crippen LogP contribution >= 0.6 is 0 Å². The Labute approximate surface area is 184 Å². The molecule has 3 rings (SSSR count). The van der Waals surface area contributed by atoms with Crippen molar-refractivity contribution in [3.63, 3.8) is 0 Å². The van der Waals surface area contributed by atoms with Gasteiger partial charge in [-0.2, -0.15) is 0 Å². The number of nitrogens with zero attached hydrogens (tertiary/aromatic N) is 3. The number of fused-ring (bicyclic) bond motifs is 2. The number of aromatic nitrogens is 3. The molecule has 3 N–H and O–H groups in total. The molecule has 2 aromatic rings. The lowest BCUT2D eigenvalue weighted by Crippen LogP contribution is -2.56. The van der Waals surface area contributed by atoms with Gasteiger partial charge in [-0.3, -0.25) is 14.4 Å². The van der Waals surface area contributed by atoms with Crippen molar-refractivity contribution in [2.45, 2.75) is 45.5 Å². The van der Waals surface area contributed by atoms with Gasteiger partial charge in [-0.05, 0) is 11.5 Å². The van der Waals surface area contributed by atoms with Gasteiger partial charge in [0, 0.05) is 19.2 Å². The van der Waals surface area contributed by atoms with E-state index in [1.165, 1.54) is 4.68 Å². The van der Waals surface area contributed by atoms with E-state index in [4.69, 9.17) is 4.74 Å². The van der Waals surface area contributed by atoms with Crippen LogP contribution in [0.2, 0.25) is 0 Å². The van der Waals surface area contributed by atoms with E-state index < -0.39 is 35.8 Å². The van der Waals surface area contributed by atoms with E-state index >= 15 is 0 Å². The Balaban J connectivity index is 1.65. The van der Waals surface area contributed by atoms with Crippen molar-refractivity contribution in [2.24, 2.45) is 5.92 Å². The molecule has 0 spiro atoms. The van der Waals surface area contributed by atoms with Crippen LogP contribution in [0.5, 0.6) is 0 Å². The topological polar surface area (TPSA) is 144 Å². The van der Waals surface area contributed by atoms with Gasteiger partial charge in [0.2, 0.25) is 11.7 Å². The monoisotopic (exact) mass is 442 g/mol. The molecule has 0 fully saturated rings. The number of ketones is 1. The van der Waals surface area contributed by atoms with Gasteiger partial charge in [0.05, 0.1) is 12.2 Å². The zero-order valence-electron chi connectivity index (χ0n) is 17.9. The average molecular weight is 442 g/mol. The fourth-order valence-corrected chi connectivity index (χ4v) is 3.16. The summed E-state index contributed by atoms with van der Waals surface area (Å²) < 4.78 is 6.59. The summed E-state index contributed by atoms with van der Waals surface area (Å²) in [6, 6.07) is 6.98. The van der Waals surface area contributed by atoms with Crippen molar-refractivity contribution in [3.05, 3.63) is 47.8 Å². The SMILES string of the molecule is CC(C)C(NC(=O)OCc1ccccc1)C(=O)NC1Cn2cc(nn2)CCNC(=O)C1=O. The third-order valence-corrected chi connectivity index (χ3v) is 4.91. The number of Topliss-reactive ketones (excluding diaryl/α,β-unsaturated/α-hetero) is 1. The quantitative estimate of drug-likeness (QED) is 0.532. The highest BCUT2D eigenvalue weighted by molar-refractivity contribution is 6.38. The normalized spacial score (nSPS) is 17.3. The summed E-state index contributed by atoms with van der Waals surface area (Å²) in [5, 5.41) is 15.5. The fourth-order valence-electron chi connectivity index (χ4n) is 3.16. The van der Waals surface area contributed by atoms with Gasteiger partial charge in [-0.1, -0.05) is 49.4 Å².